The van der Waals surface area contributed by atoms with Gasteiger partial charge in [0.25, 0.3) is 5.91 Å². The summed E-state index contributed by atoms with van der Waals surface area (Å²) in [6.45, 7) is 1.56. The van der Waals surface area contributed by atoms with Gasteiger partial charge in [-0.2, -0.15) is 0 Å². The van der Waals surface area contributed by atoms with Crippen LogP contribution < -0.4 is 10.0 Å². The molecule has 1 heterocycles. The van der Waals surface area contributed by atoms with Crippen molar-refractivity contribution in [2.75, 3.05) is 10.5 Å². The van der Waals surface area contributed by atoms with Crippen LogP contribution in [0.2, 0.25) is 0 Å². The van der Waals surface area contributed by atoms with E-state index in [9.17, 15) is 13.2 Å². The Kier molecular flexibility index (Phi) is 5.73. The Labute approximate surface area is 180 Å². The van der Waals surface area contributed by atoms with Gasteiger partial charge in [-0.3, -0.25) is 9.52 Å². The third-order valence-corrected chi connectivity index (χ3v) is 6.27. The number of sulfonamides is 1. The largest absolute Gasteiger partial charge is 0.345 e. The number of hydrogen-bond donors (Lipinski definition) is 3. The minimum atomic E-state index is -3.43. The van der Waals surface area contributed by atoms with Gasteiger partial charge in [-0.25, -0.2) is 13.4 Å². The van der Waals surface area contributed by atoms with Crippen LogP contribution in [0.5, 0.6) is 0 Å². The number of H-pyrrole nitrogens is 1. The van der Waals surface area contributed by atoms with Crippen molar-refractivity contribution >= 4 is 32.7 Å². The average molecular weight is 435 g/mol. The molecular formula is C23H22N4O3S. The van der Waals surface area contributed by atoms with Crippen LogP contribution in [0.15, 0.2) is 79.1 Å². The van der Waals surface area contributed by atoms with Crippen LogP contribution in [0, 0.1) is 0 Å². The molecule has 0 saturated carbocycles. The van der Waals surface area contributed by atoms with E-state index in [2.05, 4.69) is 20.0 Å². The predicted octanol–water partition coefficient (Wildman–Crippen LogP) is 3.84. The summed E-state index contributed by atoms with van der Waals surface area (Å²) in [6.07, 6.45) is 1.63. The van der Waals surface area contributed by atoms with Gasteiger partial charge < -0.3 is 10.3 Å². The topological polar surface area (TPSA) is 104 Å². The highest BCUT2D eigenvalue weighted by atomic mass is 32.2. The monoisotopic (exact) mass is 434 g/mol. The molecule has 1 atom stereocenters. The fourth-order valence-corrected chi connectivity index (χ4v) is 3.96. The smallest absolute Gasteiger partial charge is 0.252 e. The van der Waals surface area contributed by atoms with E-state index in [1.165, 1.54) is 6.07 Å². The number of anilines is 1. The Morgan fingerprint density at radius 1 is 1.00 bits per heavy atom. The first-order valence-corrected chi connectivity index (χ1v) is 11.5. The molecular weight excluding hydrogens is 412 g/mol. The molecule has 1 aromatic heterocycles. The quantitative estimate of drug-likeness (QED) is 0.411. The minimum absolute atomic E-state index is 0.0460. The van der Waals surface area contributed by atoms with Crippen molar-refractivity contribution in [3.8, 4) is 0 Å². The van der Waals surface area contributed by atoms with E-state index in [1.807, 2.05) is 48.5 Å². The van der Waals surface area contributed by atoms with Crippen molar-refractivity contribution < 1.29 is 13.2 Å². The van der Waals surface area contributed by atoms with Gasteiger partial charge in [0.1, 0.15) is 0 Å². The first kappa shape index (κ1) is 20.6. The second kappa shape index (κ2) is 8.61. The first-order valence-electron chi connectivity index (χ1n) is 9.84. The summed E-state index contributed by atoms with van der Waals surface area (Å²) in [4.78, 5) is 20.4. The zero-order chi connectivity index (χ0) is 21.8. The molecule has 0 radical (unpaired) electrons. The molecule has 0 aliphatic carbocycles. The predicted molar refractivity (Wildman–Crippen MR) is 121 cm³/mol. The first-order chi connectivity index (χ1) is 14.9. The molecule has 0 aliphatic rings. The van der Waals surface area contributed by atoms with E-state index in [0.29, 0.717) is 11.3 Å². The Balaban J connectivity index is 1.65. The fraction of sp³-hybridized carbons (Fsp3) is 0.130. The number of benzene rings is 3. The number of fused-ring (bicyclic) bond motifs is 1. The van der Waals surface area contributed by atoms with Crippen LogP contribution in [0.4, 0.5) is 5.69 Å². The molecule has 8 heteroatoms. The Morgan fingerprint density at radius 3 is 2.58 bits per heavy atom. The third kappa shape index (κ3) is 4.75. The van der Waals surface area contributed by atoms with E-state index in [1.54, 1.807) is 31.5 Å². The van der Waals surface area contributed by atoms with E-state index < -0.39 is 16.1 Å². The number of nitrogens with one attached hydrogen (secondary N) is 3. The molecule has 1 unspecified atom stereocenters. The highest BCUT2D eigenvalue weighted by Crippen LogP contribution is 2.25. The van der Waals surface area contributed by atoms with Crippen LogP contribution in [0.25, 0.3) is 11.0 Å². The van der Waals surface area contributed by atoms with Crippen LogP contribution in [-0.4, -0.2) is 30.0 Å². The van der Waals surface area contributed by atoms with Crippen molar-refractivity contribution in [1.82, 2.24) is 15.3 Å². The highest BCUT2D eigenvalue weighted by molar-refractivity contribution is 7.92. The molecule has 1 amide bonds. The highest BCUT2D eigenvalue weighted by Gasteiger charge is 2.19. The van der Waals surface area contributed by atoms with Gasteiger partial charge in [0.05, 0.1) is 29.2 Å². The number of carbonyl (C=O) groups excluding carboxylic acids is 1. The number of aromatic nitrogens is 2. The molecule has 7 nitrogen and oxygen atoms in total. The maximum Gasteiger partial charge on any atom is 0.252 e. The molecule has 0 bridgehead atoms. The zero-order valence-corrected chi connectivity index (χ0v) is 17.7. The lowest BCUT2D eigenvalue weighted by molar-refractivity contribution is 0.0943. The van der Waals surface area contributed by atoms with Crippen molar-refractivity contribution in [3.05, 3.63) is 95.8 Å². The summed E-state index contributed by atoms with van der Waals surface area (Å²) in [6, 6.07) is 21.5. The summed E-state index contributed by atoms with van der Waals surface area (Å²) in [5.41, 5.74) is 4.27. The molecule has 0 fully saturated rings. The van der Waals surface area contributed by atoms with Crippen LogP contribution in [-0.2, 0) is 10.0 Å². The summed E-state index contributed by atoms with van der Waals surface area (Å²) in [5.74, 6) is -0.355. The third-order valence-electron chi connectivity index (χ3n) is 4.96. The number of carbonyl (C=O) groups is 1. The summed E-state index contributed by atoms with van der Waals surface area (Å²) in [5, 5.41) is 3.08. The maximum absolute atomic E-state index is 13.1. The Bertz CT molecular complexity index is 1320. The lowest BCUT2D eigenvalue weighted by Crippen LogP contribution is -2.29. The van der Waals surface area contributed by atoms with Gasteiger partial charge in [0.15, 0.2) is 0 Å². The average Bonchev–Trinajstić information content (AvgIpc) is 3.26. The molecule has 3 N–H and O–H groups in total. The normalized spacial score (nSPS) is 12.4. The Morgan fingerprint density at radius 2 is 1.81 bits per heavy atom. The molecule has 3 aromatic carbocycles. The Hall–Kier alpha value is -3.65. The molecule has 158 valence electrons. The number of nitrogens with zero attached hydrogens (tertiary/aromatic N) is 1. The van der Waals surface area contributed by atoms with E-state index >= 15 is 0 Å². The van der Waals surface area contributed by atoms with Gasteiger partial charge in [0.2, 0.25) is 10.0 Å². The maximum atomic E-state index is 13.1. The van der Waals surface area contributed by atoms with Gasteiger partial charge in [-0.15, -0.1) is 0 Å². The lowest BCUT2D eigenvalue weighted by Gasteiger charge is -2.20. The molecule has 0 saturated heterocycles. The number of aromatic amines is 1. The molecule has 4 rings (SSSR count). The van der Waals surface area contributed by atoms with E-state index in [0.717, 1.165) is 22.2 Å². The van der Waals surface area contributed by atoms with Gasteiger partial charge in [-0.1, -0.05) is 42.5 Å². The number of imidazole rings is 1. The molecule has 0 spiro atoms. The van der Waals surface area contributed by atoms with Crippen LogP contribution >= 0.6 is 0 Å². The standard InChI is InChI=1S/C23H22N4O3S/c1-2-31(29,30)27-19-10-6-9-18(13-19)23(28)26-22(16-7-4-3-5-8-16)17-11-12-20-21(14-17)25-15-24-20/h3-15,22,27H,2H2,1H3,(H,24,25)(H,26,28). The zero-order valence-electron chi connectivity index (χ0n) is 16.9. The molecule has 4 aromatic rings. The number of rotatable bonds is 7. The SMILES string of the molecule is CCS(=O)(=O)Nc1cccc(C(=O)NC(c2ccccc2)c2ccc3nc[nH]c3c2)c1. The van der Waals surface area contributed by atoms with Gasteiger partial charge in [0, 0.05) is 11.3 Å². The summed E-state index contributed by atoms with van der Waals surface area (Å²) in [7, 11) is -3.43. The van der Waals surface area contributed by atoms with Crippen molar-refractivity contribution in [2.45, 2.75) is 13.0 Å². The second-order valence-electron chi connectivity index (χ2n) is 7.08. The van der Waals surface area contributed by atoms with Crippen molar-refractivity contribution in [2.24, 2.45) is 0 Å². The number of hydrogen-bond acceptors (Lipinski definition) is 4. The van der Waals surface area contributed by atoms with E-state index in [4.69, 9.17) is 0 Å². The van der Waals surface area contributed by atoms with Crippen LogP contribution in [0.1, 0.15) is 34.5 Å². The van der Waals surface area contributed by atoms with Crippen LogP contribution in [0.3, 0.4) is 0 Å². The van der Waals surface area contributed by atoms with Gasteiger partial charge >= 0.3 is 0 Å². The lowest BCUT2D eigenvalue weighted by atomic mass is 9.97. The molecule has 0 aliphatic heterocycles. The fourth-order valence-electron chi connectivity index (χ4n) is 3.33. The summed E-state index contributed by atoms with van der Waals surface area (Å²) >= 11 is 0. The summed E-state index contributed by atoms with van der Waals surface area (Å²) < 4.78 is 26.2. The molecule has 31 heavy (non-hydrogen) atoms. The van der Waals surface area contributed by atoms with Crippen molar-refractivity contribution in [3.63, 3.8) is 0 Å². The van der Waals surface area contributed by atoms with Gasteiger partial charge in [-0.05, 0) is 48.4 Å². The van der Waals surface area contributed by atoms with Crippen molar-refractivity contribution in [1.29, 1.82) is 0 Å². The number of amides is 1. The van der Waals surface area contributed by atoms with E-state index in [-0.39, 0.29) is 11.7 Å². The second-order valence-corrected chi connectivity index (χ2v) is 9.09. The minimum Gasteiger partial charge on any atom is -0.345 e.